The minimum Gasteiger partial charge on any atom is -0.462 e. The third-order valence-electron chi connectivity index (χ3n) is 13.6. The molecule has 8 atom stereocenters. The van der Waals surface area contributed by atoms with Crippen LogP contribution < -0.4 is 5.73 Å². The molecule has 0 heterocycles. The number of carbonyl (C=O) groups is 2. The zero-order valence-corrected chi connectivity index (χ0v) is 25.0. The molecule has 2 N–H and O–H groups in total. The summed E-state index contributed by atoms with van der Waals surface area (Å²) in [7, 11) is 0. The van der Waals surface area contributed by atoms with Crippen LogP contribution in [0.2, 0.25) is 0 Å². The van der Waals surface area contributed by atoms with Crippen molar-refractivity contribution < 1.29 is 14.3 Å². The second-order valence-electron chi connectivity index (χ2n) is 15.4. The molecule has 0 radical (unpaired) electrons. The van der Waals surface area contributed by atoms with E-state index in [1.807, 2.05) is 0 Å². The van der Waals surface area contributed by atoms with Crippen molar-refractivity contribution in [1.29, 1.82) is 0 Å². The smallest absolute Gasteiger partial charge is 0.302 e. The quantitative estimate of drug-likeness (QED) is 0.319. The van der Waals surface area contributed by atoms with Crippen LogP contribution in [0, 0.1) is 50.7 Å². The summed E-state index contributed by atoms with van der Waals surface area (Å²) in [5.74, 6) is 2.39. The zero-order valence-electron chi connectivity index (χ0n) is 25.0. The van der Waals surface area contributed by atoms with E-state index in [0.717, 1.165) is 38.5 Å². The van der Waals surface area contributed by atoms with Gasteiger partial charge in [0.05, 0.1) is 12.0 Å². The summed E-state index contributed by atoms with van der Waals surface area (Å²) in [6, 6.07) is 0. The minimum atomic E-state index is -0.285. The molecule has 5 rings (SSSR count). The maximum absolute atomic E-state index is 13.5. The molecular formula is C33H53NO3. The number of ketones is 1. The number of carbonyl (C=O) groups excluding carboxylic acids is 2. The molecule has 0 aliphatic heterocycles. The second kappa shape index (κ2) is 8.67. The molecule has 0 bridgehead atoms. The monoisotopic (exact) mass is 511 g/mol. The van der Waals surface area contributed by atoms with Gasteiger partial charge in [-0.2, -0.15) is 0 Å². The van der Waals surface area contributed by atoms with Gasteiger partial charge in [0.15, 0.2) is 5.78 Å². The van der Waals surface area contributed by atoms with Crippen LogP contribution >= 0.6 is 0 Å². The molecule has 208 valence electrons. The molecule has 0 amide bonds. The van der Waals surface area contributed by atoms with Crippen molar-refractivity contribution >= 4 is 11.8 Å². The molecule has 0 spiro atoms. The fourth-order valence-corrected chi connectivity index (χ4v) is 11.7. The number of Topliss-reactive ketones (excluding diaryl/α,β-unsaturated/α-hetero) is 1. The Bertz CT molecular complexity index is 1010. The first-order valence-corrected chi connectivity index (χ1v) is 15.3. The molecule has 4 heteroatoms. The Labute approximate surface area is 225 Å². The first-order chi connectivity index (χ1) is 17.2. The van der Waals surface area contributed by atoms with Crippen molar-refractivity contribution in [1.82, 2.24) is 0 Å². The number of allylic oxidation sites excluding steroid dienone is 2. The van der Waals surface area contributed by atoms with Crippen LogP contribution in [-0.2, 0) is 14.3 Å². The van der Waals surface area contributed by atoms with E-state index in [9.17, 15) is 9.59 Å². The van der Waals surface area contributed by atoms with Crippen molar-refractivity contribution in [2.75, 3.05) is 6.54 Å². The van der Waals surface area contributed by atoms with Crippen molar-refractivity contribution in [3.8, 4) is 0 Å². The normalized spacial score (nSPS) is 46.5. The van der Waals surface area contributed by atoms with E-state index in [4.69, 9.17) is 10.5 Å². The van der Waals surface area contributed by atoms with E-state index < -0.39 is 0 Å². The topological polar surface area (TPSA) is 69.4 Å². The summed E-state index contributed by atoms with van der Waals surface area (Å²) < 4.78 is 5.91. The lowest BCUT2D eigenvalue weighted by Gasteiger charge is -2.72. The van der Waals surface area contributed by atoms with Crippen molar-refractivity contribution in [3.63, 3.8) is 0 Å². The van der Waals surface area contributed by atoms with Crippen LogP contribution in [0.4, 0.5) is 0 Å². The molecule has 5 aliphatic carbocycles. The Morgan fingerprint density at radius 3 is 2.22 bits per heavy atom. The summed E-state index contributed by atoms with van der Waals surface area (Å²) in [4.78, 5) is 25.4. The summed E-state index contributed by atoms with van der Waals surface area (Å²) in [6.07, 6.45) is 11.3. The SMILES string of the molecule is CC(=O)O[C@H]1CC[C@]2(C)[C@H]3CC[C@@H]4C5=C(C(C)C)CC[C@]5(C(=O)CN)CC[C@@]4(C)[C@]3(C)CC[C@H]2C1(C)C. The minimum absolute atomic E-state index is 0.00813. The molecule has 0 aromatic heterocycles. The summed E-state index contributed by atoms with van der Waals surface area (Å²) in [5, 5.41) is 0. The Morgan fingerprint density at radius 1 is 0.892 bits per heavy atom. The zero-order chi connectivity index (χ0) is 27.2. The number of hydrogen-bond acceptors (Lipinski definition) is 4. The van der Waals surface area contributed by atoms with Gasteiger partial charge in [-0.3, -0.25) is 9.59 Å². The van der Waals surface area contributed by atoms with Gasteiger partial charge < -0.3 is 10.5 Å². The fourth-order valence-electron chi connectivity index (χ4n) is 11.7. The van der Waals surface area contributed by atoms with E-state index in [-0.39, 0.29) is 45.7 Å². The third-order valence-corrected chi connectivity index (χ3v) is 13.6. The van der Waals surface area contributed by atoms with Gasteiger partial charge in [-0.05, 0) is 104 Å². The summed E-state index contributed by atoms with van der Waals surface area (Å²) >= 11 is 0. The predicted molar refractivity (Wildman–Crippen MR) is 149 cm³/mol. The van der Waals surface area contributed by atoms with Crippen LogP contribution in [-0.4, -0.2) is 24.4 Å². The molecule has 0 saturated heterocycles. The first kappa shape index (κ1) is 27.4. The lowest BCUT2D eigenvalue weighted by atomic mass is 9.33. The Kier molecular flexibility index (Phi) is 6.42. The Morgan fingerprint density at radius 2 is 1.59 bits per heavy atom. The van der Waals surface area contributed by atoms with Crippen LogP contribution in [0.5, 0.6) is 0 Å². The van der Waals surface area contributed by atoms with Crippen molar-refractivity contribution in [2.24, 2.45) is 56.5 Å². The maximum Gasteiger partial charge on any atom is 0.302 e. The maximum atomic E-state index is 13.5. The number of rotatable bonds is 4. The number of nitrogens with two attached hydrogens (primary N) is 1. The molecule has 0 aromatic carbocycles. The molecule has 4 nitrogen and oxygen atoms in total. The van der Waals surface area contributed by atoms with E-state index >= 15 is 0 Å². The van der Waals surface area contributed by atoms with Crippen LogP contribution in [0.1, 0.15) is 120 Å². The van der Waals surface area contributed by atoms with Gasteiger partial charge in [0, 0.05) is 12.3 Å². The van der Waals surface area contributed by atoms with Gasteiger partial charge in [-0.15, -0.1) is 0 Å². The average molecular weight is 512 g/mol. The number of hydrogen-bond donors (Lipinski definition) is 1. The molecule has 0 unspecified atom stereocenters. The van der Waals surface area contributed by atoms with Crippen molar-refractivity contribution in [2.45, 2.75) is 126 Å². The van der Waals surface area contributed by atoms with E-state index in [1.165, 1.54) is 25.7 Å². The number of ether oxygens (including phenoxy) is 1. The van der Waals surface area contributed by atoms with E-state index in [2.05, 4.69) is 48.5 Å². The third kappa shape index (κ3) is 3.48. The van der Waals surface area contributed by atoms with Gasteiger partial charge in [0.2, 0.25) is 0 Å². The highest BCUT2D eigenvalue weighted by molar-refractivity contribution is 5.91. The van der Waals surface area contributed by atoms with Gasteiger partial charge in [-0.25, -0.2) is 0 Å². The lowest BCUT2D eigenvalue weighted by Crippen LogP contribution is -2.66. The molecule has 5 aliphatic rings. The van der Waals surface area contributed by atoms with E-state index in [1.54, 1.807) is 18.1 Å². The lowest BCUT2D eigenvalue weighted by molar-refractivity contribution is -0.232. The number of esters is 1. The van der Waals surface area contributed by atoms with Gasteiger partial charge in [-0.1, -0.05) is 59.6 Å². The fraction of sp³-hybridized carbons (Fsp3) is 0.879. The first-order valence-electron chi connectivity index (χ1n) is 15.3. The Hall–Kier alpha value is -1.16. The highest BCUT2D eigenvalue weighted by Gasteiger charge is 2.70. The van der Waals surface area contributed by atoms with Crippen LogP contribution in [0.15, 0.2) is 11.1 Å². The molecule has 0 aromatic rings. The Balaban J connectivity index is 1.55. The van der Waals surface area contributed by atoms with Gasteiger partial charge in [0.1, 0.15) is 6.10 Å². The summed E-state index contributed by atoms with van der Waals surface area (Å²) in [5.41, 5.74) is 9.62. The molecule has 4 fully saturated rings. The van der Waals surface area contributed by atoms with Gasteiger partial charge in [0.25, 0.3) is 0 Å². The molecular weight excluding hydrogens is 458 g/mol. The molecule has 4 saturated carbocycles. The summed E-state index contributed by atoms with van der Waals surface area (Å²) in [6.45, 7) is 19.0. The standard InChI is InChI=1S/C33H53NO3/c1-20(2)22-11-16-33(26(36)19-34)18-17-31(7)23(28(22)33)9-10-25-30(6)14-13-27(37-21(3)35)29(4,5)24(30)12-15-32(25,31)8/h20,23-25,27H,9-19,34H2,1-8H3/t23-,24+,25-,27+,30+,31-,32-,33-/m1/s1. The predicted octanol–water partition coefficient (Wildman–Crippen LogP) is 7.25. The highest BCUT2D eigenvalue weighted by atomic mass is 16.5. The van der Waals surface area contributed by atoms with Gasteiger partial charge >= 0.3 is 5.97 Å². The average Bonchev–Trinajstić information content (AvgIpc) is 3.22. The highest BCUT2D eigenvalue weighted by Crippen LogP contribution is 2.77. The largest absolute Gasteiger partial charge is 0.462 e. The van der Waals surface area contributed by atoms with Crippen LogP contribution in [0.3, 0.4) is 0 Å². The van der Waals surface area contributed by atoms with Crippen molar-refractivity contribution in [3.05, 3.63) is 11.1 Å². The van der Waals surface area contributed by atoms with E-state index in [0.29, 0.717) is 29.5 Å². The van der Waals surface area contributed by atoms with Crippen LogP contribution in [0.25, 0.3) is 0 Å². The second-order valence-corrected chi connectivity index (χ2v) is 15.4. The number of fused-ring (bicyclic) bond motifs is 7. The molecule has 37 heavy (non-hydrogen) atoms.